The fourth-order valence-electron chi connectivity index (χ4n) is 1.64. The Labute approximate surface area is 105 Å². The number of nitrogens with one attached hydrogen (secondary N) is 1. The van der Waals surface area contributed by atoms with Crippen molar-refractivity contribution in [2.45, 2.75) is 31.9 Å². The zero-order valence-electron chi connectivity index (χ0n) is 10.3. The van der Waals surface area contributed by atoms with E-state index >= 15 is 0 Å². The number of halogens is 2. The van der Waals surface area contributed by atoms with E-state index in [2.05, 4.69) is 5.32 Å². The maximum absolute atomic E-state index is 12.2. The van der Waals surface area contributed by atoms with E-state index in [0.29, 0.717) is 24.1 Å². The highest BCUT2D eigenvalue weighted by molar-refractivity contribution is 5.40. The standard InChI is InChI=1S/C13H17F2NO2/c1-17-11-5-2-9(7-16-10-3-4-10)12(6-11)18-8-13(14)15/h2,5-6,10,13,16H,3-4,7-8H2,1H3. The second kappa shape index (κ2) is 6.00. The lowest BCUT2D eigenvalue weighted by Crippen LogP contribution is -2.17. The van der Waals surface area contributed by atoms with Crippen LogP contribution in [0.3, 0.4) is 0 Å². The van der Waals surface area contributed by atoms with Gasteiger partial charge < -0.3 is 14.8 Å². The molecule has 0 spiro atoms. The van der Waals surface area contributed by atoms with E-state index in [1.165, 1.54) is 20.0 Å². The fraction of sp³-hybridized carbons (Fsp3) is 0.538. The van der Waals surface area contributed by atoms with Gasteiger partial charge in [0.15, 0.2) is 0 Å². The van der Waals surface area contributed by atoms with E-state index in [-0.39, 0.29) is 0 Å². The third kappa shape index (κ3) is 3.84. The van der Waals surface area contributed by atoms with Crippen LogP contribution in [-0.2, 0) is 6.54 Å². The number of hydrogen-bond donors (Lipinski definition) is 1. The van der Waals surface area contributed by atoms with Crippen molar-refractivity contribution in [1.29, 1.82) is 0 Å². The molecule has 0 heterocycles. The van der Waals surface area contributed by atoms with Crippen molar-refractivity contribution in [3.63, 3.8) is 0 Å². The summed E-state index contributed by atoms with van der Waals surface area (Å²) in [7, 11) is 1.54. The molecular weight excluding hydrogens is 240 g/mol. The van der Waals surface area contributed by atoms with E-state index in [0.717, 1.165) is 5.56 Å². The Hall–Kier alpha value is -1.36. The Kier molecular flexibility index (Phi) is 4.36. The van der Waals surface area contributed by atoms with Gasteiger partial charge in [0, 0.05) is 24.2 Å². The SMILES string of the molecule is COc1ccc(CNC2CC2)c(OCC(F)F)c1. The lowest BCUT2D eigenvalue weighted by Gasteiger charge is -2.13. The van der Waals surface area contributed by atoms with Crippen LogP contribution in [0.5, 0.6) is 11.5 Å². The van der Waals surface area contributed by atoms with Crippen molar-refractivity contribution in [3.05, 3.63) is 23.8 Å². The predicted molar refractivity (Wildman–Crippen MR) is 64.4 cm³/mol. The Morgan fingerprint density at radius 1 is 1.39 bits per heavy atom. The molecule has 1 fully saturated rings. The lowest BCUT2D eigenvalue weighted by atomic mass is 10.2. The number of alkyl halides is 2. The van der Waals surface area contributed by atoms with E-state index < -0.39 is 13.0 Å². The first kappa shape index (κ1) is 13.1. The minimum Gasteiger partial charge on any atom is -0.497 e. The normalized spacial score (nSPS) is 14.9. The third-order valence-electron chi connectivity index (χ3n) is 2.80. The molecule has 1 saturated carbocycles. The molecule has 0 radical (unpaired) electrons. The largest absolute Gasteiger partial charge is 0.497 e. The van der Waals surface area contributed by atoms with Gasteiger partial charge in [0.05, 0.1) is 7.11 Å². The summed E-state index contributed by atoms with van der Waals surface area (Å²) in [6.07, 6.45) is -0.104. The number of ether oxygens (including phenoxy) is 2. The molecular formula is C13H17F2NO2. The Balaban J connectivity index is 2.03. The van der Waals surface area contributed by atoms with Crippen molar-refractivity contribution in [2.24, 2.45) is 0 Å². The van der Waals surface area contributed by atoms with Crippen LogP contribution in [0.1, 0.15) is 18.4 Å². The van der Waals surface area contributed by atoms with Crippen LogP contribution in [0.15, 0.2) is 18.2 Å². The maximum atomic E-state index is 12.2. The summed E-state index contributed by atoms with van der Waals surface area (Å²) in [6, 6.07) is 5.86. The molecule has 0 aliphatic heterocycles. The molecule has 0 aromatic heterocycles. The summed E-state index contributed by atoms with van der Waals surface area (Å²) < 4.78 is 34.6. The molecule has 1 aromatic carbocycles. The van der Waals surface area contributed by atoms with E-state index in [9.17, 15) is 8.78 Å². The first-order chi connectivity index (χ1) is 8.69. The molecule has 3 nitrogen and oxygen atoms in total. The summed E-state index contributed by atoms with van der Waals surface area (Å²) in [5.41, 5.74) is 0.878. The van der Waals surface area contributed by atoms with Gasteiger partial charge in [-0.15, -0.1) is 0 Å². The van der Waals surface area contributed by atoms with E-state index in [4.69, 9.17) is 9.47 Å². The second-order valence-corrected chi connectivity index (χ2v) is 4.33. The second-order valence-electron chi connectivity index (χ2n) is 4.33. The molecule has 5 heteroatoms. The average Bonchev–Trinajstić information content (AvgIpc) is 3.18. The predicted octanol–water partition coefficient (Wildman–Crippen LogP) is 2.59. The minimum atomic E-state index is -2.47. The van der Waals surface area contributed by atoms with Gasteiger partial charge in [-0.05, 0) is 18.9 Å². The molecule has 0 amide bonds. The molecule has 0 saturated heterocycles. The maximum Gasteiger partial charge on any atom is 0.272 e. The quantitative estimate of drug-likeness (QED) is 0.814. The van der Waals surface area contributed by atoms with Crippen molar-refractivity contribution in [2.75, 3.05) is 13.7 Å². The number of methoxy groups -OCH3 is 1. The third-order valence-corrected chi connectivity index (χ3v) is 2.80. The highest BCUT2D eigenvalue weighted by Crippen LogP contribution is 2.27. The van der Waals surface area contributed by atoms with Crippen LogP contribution in [0, 0.1) is 0 Å². The summed E-state index contributed by atoms with van der Waals surface area (Å²) >= 11 is 0. The van der Waals surface area contributed by atoms with Gasteiger partial charge >= 0.3 is 0 Å². The van der Waals surface area contributed by atoms with Gasteiger partial charge in [-0.1, -0.05) is 6.07 Å². The monoisotopic (exact) mass is 257 g/mol. The first-order valence-corrected chi connectivity index (χ1v) is 6.00. The molecule has 2 rings (SSSR count). The number of rotatable bonds is 7. The highest BCUT2D eigenvalue weighted by atomic mass is 19.3. The summed E-state index contributed by atoms with van der Waals surface area (Å²) in [5.74, 6) is 1.07. The molecule has 1 aromatic rings. The number of hydrogen-bond acceptors (Lipinski definition) is 3. The summed E-state index contributed by atoms with van der Waals surface area (Å²) in [5, 5.41) is 3.33. The average molecular weight is 257 g/mol. The van der Waals surface area contributed by atoms with Gasteiger partial charge in [0.25, 0.3) is 6.43 Å². The molecule has 1 N–H and O–H groups in total. The van der Waals surface area contributed by atoms with Crippen molar-refractivity contribution < 1.29 is 18.3 Å². The van der Waals surface area contributed by atoms with E-state index in [1.54, 1.807) is 12.1 Å². The Bertz CT molecular complexity index is 395. The number of benzene rings is 1. The Morgan fingerprint density at radius 2 is 2.17 bits per heavy atom. The van der Waals surface area contributed by atoms with Crippen LogP contribution in [-0.4, -0.2) is 26.2 Å². The zero-order valence-corrected chi connectivity index (χ0v) is 10.3. The first-order valence-electron chi connectivity index (χ1n) is 6.00. The smallest absolute Gasteiger partial charge is 0.272 e. The van der Waals surface area contributed by atoms with Gasteiger partial charge in [0.2, 0.25) is 0 Å². The molecule has 0 atom stereocenters. The van der Waals surface area contributed by atoms with Gasteiger partial charge in [-0.2, -0.15) is 0 Å². The van der Waals surface area contributed by atoms with Crippen molar-refractivity contribution >= 4 is 0 Å². The van der Waals surface area contributed by atoms with Crippen LogP contribution in [0.25, 0.3) is 0 Å². The highest BCUT2D eigenvalue weighted by Gasteiger charge is 2.20. The zero-order chi connectivity index (χ0) is 13.0. The van der Waals surface area contributed by atoms with Crippen molar-refractivity contribution in [3.8, 4) is 11.5 Å². The van der Waals surface area contributed by atoms with Gasteiger partial charge in [-0.3, -0.25) is 0 Å². The fourth-order valence-corrected chi connectivity index (χ4v) is 1.64. The molecule has 100 valence electrons. The van der Waals surface area contributed by atoms with E-state index in [1.807, 2.05) is 6.07 Å². The van der Waals surface area contributed by atoms with Crippen LogP contribution < -0.4 is 14.8 Å². The van der Waals surface area contributed by atoms with Crippen LogP contribution >= 0.6 is 0 Å². The molecule has 0 bridgehead atoms. The summed E-state index contributed by atoms with van der Waals surface area (Å²) in [6.45, 7) is 0.0385. The topological polar surface area (TPSA) is 30.5 Å². The van der Waals surface area contributed by atoms with Gasteiger partial charge in [0.1, 0.15) is 18.1 Å². The van der Waals surface area contributed by atoms with Crippen LogP contribution in [0.4, 0.5) is 8.78 Å². The Morgan fingerprint density at radius 3 is 2.78 bits per heavy atom. The minimum absolute atomic E-state index is 0.461. The van der Waals surface area contributed by atoms with Gasteiger partial charge in [-0.25, -0.2) is 8.78 Å². The molecule has 1 aliphatic carbocycles. The molecule has 18 heavy (non-hydrogen) atoms. The lowest BCUT2D eigenvalue weighted by molar-refractivity contribution is 0.0812. The van der Waals surface area contributed by atoms with Crippen molar-refractivity contribution in [1.82, 2.24) is 5.32 Å². The summed E-state index contributed by atoms with van der Waals surface area (Å²) in [4.78, 5) is 0. The molecule has 0 unspecified atom stereocenters. The molecule has 1 aliphatic rings. The van der Waals surface area contributed by atoms with Crippen LogP contribution in [0.2, 0.25) is 0 Å².